The summed E-state index contributed by atoms with van der Waals surface area (Å²) in [7, 11) is 0. The van der Waals surface area contributed by atoms with Gasteiger partial charge in [0.2, 0.25) is 5.95 Å². The van der Waals surface area contributed by atoms with Crippen LogP contribution in [0.4, 0.5) is 23.1 Å². The van der Waals surface area contributed by atoms with Crippen LogP contribution < -0.4 is 10.2 Å². The van der Waals surface area contributed by atoms with Gasteiger partial charge in [-0.1, -0.05) is 36.4 Å². The number of nitrogens with zero attached hydrogens (tertiary/aromatic N) is 3. The second-order valence-corrected chi connectivity index (χ2v) is 7.13. The van der Waals surface area contributed by atoms with Crippen molar-refractivity contribution in [1.82, 2.24) is 9.97 Å². The lowest BCUT2D eigenvalue weighted by atomic mass is 10.1. The zero-order valence-electron chi connectivity index (χ0n) is 15.7. The van der Waals surface area contributed by atoms with Gasteiger partial charge in [-0.3, -0.25) is 0 Å². The molecule has 26 heavy (non-hydrogen) atoms. The quantitative estimate of drug-likeness (QED) is 0.706. The van der Waals surface area contributed by atoms with Crippen LogP contribution in [0.5, 0.6) is 0 Å². The Kier molecular flexibility index (Phi) is 4.11. The van der Waals surface area contributed by atoms with Crippen LogP contribution in [0, 0.1) is 20.8 Å². The Bertz CT molecular complexity index is 944. The van der Waals surface area contributed by atoms with Gasteiger partial charge in [0.15, 0.2) is 0 Å². The Morgan fingerprint density at radius 1 is 0.962 bits per heavy atom. The highest BCUT2D eigenvalue weighted by Gasteiger charge is 2.28. The van der Waals surface area contributed by atoms with Crippen molar-refractivity contribution in [2.45, 2.75) is 40.2 Å². The predicted molar refractivity (Wildman–Crippen MR) is 108 cm³/mol. The first-order chi connectivity index (χ1) is 12.5. The van der Waals surface area contributed by atoms with Gasteiger partial charge < -0.3 is 10.2 Å². The van der Waals surface area contributed by atoms with Crippen LogP contribution in [0.25, 0.3) is 0 Å². The maximum atomic E-state index is 4.85. The molecule has 3 aromatic rings. The molecule has 0 spiro atoms. The molecule has 0 fully saturated rings. The molecule has 0 aliphatic carbocycles. The minimum atomic E-state index is 0.384. The molecule has 0 amide bonds. The average Bonchev–Trinajstić information content (AvgIpc) is 2.93. The number of nitrogens with one attached hydrogen (secondary N) is 1. The first-order valence-corrected chi connectivity index (χ1v) is 9.09. The molecular formula is C22H24N4. The molecular weight excluding hydrogens is 320 g/mol. The number of para-hydroxylation sites is 2. The average molecular weight is 344 g/mol. The van der Waals surface area contributed by atoms with Crippen molar-refractivity contribution in [2.24, 2.45) is 0 Å². The fraction of sp³-hybridized carbons (Fsp3) is 0.273. The molecule has 1 atom stereocenters. The third-order valence-electron chi connectivity index (χ3n) is 5.01. The molecule has 2 heterocycles. The largest absolute Gasteiger partial charge is 0.324 e. The van der Waals surface area contributed by atoms with Crippen molar-refractivity contribution < 1.29 is 0 Å². The minimum absolute atomic E-state index is 0.384. The van der Waals surface area contributed by atoms with Gasteiger partial charge in [-0.15, -0.1) is 0 Å². The summed E-state index contributed by atoms with van der Waals surface area (Å²) in [5.74, 6) is 1.60. The number of fused-ring (bicyclic) bond motifs is 1. The van der Waals surface area contributed by atoms with E-state index in [4.69, 9.17) is 4.98 Å². The van der Waals surface area contributed by atoms with Crippen LogP contribution in [-0.4, -0.2) is 16.0 Å². The lowest BCUT2D eigenvalue weighted by Crippen LogP contribution is -2.25. The Hall–Kier alpha value is -2.88. The van der Waals surface area contributed by atoms with E-state index in [-0.39, 0.29) is 0 Å². The summed E-state index contributed by atoms with van der Waals surface area (Å²) in [6, 6.07) is 17.3. The SMILES string of the molecule is Cc1cc(N2c3ccccc3CC2C)nc(Nc2c(C)cccc2C)n1. The molecule has 1 aliphatic heterocycles. The monoisotopic (exact) mass is 344 g/mol. The maximum absolute atomic E-state index is 4.85. The summed E-state index contributed by atoms with van der Waals surface area (Å²) in [4.78, 5) is 11.8. The smallest absolute Gasteiger partial charge is 0.229 e. The van der Waals surface area contributed by atoms with Gasteiger partial charge in [-0.2, -0.15) is 4.98 Å². The van der Waals surface area contributed by atoms with Gasteiger partial charge in [0.1, 0.15) is 5.82 Å². The molecule has 1 N–H and O–H groups in total. The molecule has 1 unspecified atom stereocenters. The van der Waals surface area contributed by atoms with Crippen molar-refractivity contribution in [1.29, 1.82) is 0 Å². The lowest BCUT2D eigenvalue weighted by Gasteiger charge is -2.24. The summed E-state index contributed by atoms with van der Waals surface area (Å²) in [6.45, 7) is 8.47. The summed E-state index contributed by atoms with van der Waals surface area (Å²) < 4.78 is 0. The van der Waals surface area contributed by atoms with Crippen LogP contribution in [0.15, 0.2) is 48.5 Å². The van der Waals surface area contributed by atoms with Crippen LogP contribution in [0.2, 0.25) is 0 Å². The number of rotatable bonds is 3. The highest BCUT2D eigenvalue weighted by atomic mass is 15.3. The number of aryl methyl sites for hydroxylation is 3. The third-order valence-corrected chi connectivity index (χ3v) is 5.01. The molecule has 2 aromatic carbocycles. The fourth-order valence-corrected chi connectivity index (χ4v) is 3.77. The van der Waals surface area contributed by atoms with E-state index >= 15 is 0 Å². The van der Waals surface area contributed by atoms with Crippen molar-refractivity contribution in [2.75, 3.05) is 10.2 Å². The Morgan fingerprint density at radius 2 is 1.69 bits per heavy atom. The van der Waals surface area contributed by atoms with Crippen molar-refractivity contribution >= 4 is 23.1 Å². The topological polar surface area (TPSA) is 41.1 Å². The standard InChI is InChI=1S/C22H24N4/c1-14-8-7-9-15(2)21(14)25-22-23-16(3)12-20(24-22)26-17(4)13-18-10-5-6-11-19(18)26/h5-12,17H,13H2,1-4H3,(H,23,24,25). The summed E-state index contributed by atoms with van der Waals surface area (Å²) in [5.41, 5.74) is 7.05. The van der Waals surface area contributed by atoms with Crippen LogP contribution in [0.3, 0.4) is 0 Å². The van der Waals surface area contributed by atoms with E-state index in [9.17, 15) is 0 Å². The van der Waals surface area contributed by atoms with Gasteiger partial charge in [-0.05, 0) is 56.9 Å². The zero-order valence-corrected chi connectivity index (χ0v) is 15.7. The van der Waals surface area contributed by atoms with Crippen molar-refractivity contribution in [3.8, 4) is 0 Å². The number of benzene rings is 2. The van der Waals surface area contributed by atoms with Gasteiger partial charge in [0.05, 0.1) is 0 Å². The molecule has 0 saturated heterocycles. The molecule has 0 bridgehead atoms. The van der Waals surface area contributed by atoms with E-state index < -0.39 is 0 Å². The molecule has 0 radical (unpaired) electrons. The van der Waals surface area contributed by atoms with E-state index in [0.29, 0.717) is 12.0 Å². The van der Waals surface area contributed by atoms with Gasteiger partial charge in [0, 0.05) is 29.2 Å². The minimum Gasteiger partial charge on any atom is -0.324 e. The molecule has 0 saturated carbocycles. The molecule has 132 valence electrons. The second kappa shape index (κ2) is 6.45. The molecule has 4 nitrogen and oxygen atoms in total. The molecule has 4 rings (SSSR count). The summed E-state index contributed by atoms with van der Waals surface area (Å²) in [5, 5.41) is 3.44. The highest BCUT2D eigenvalue weighted by Crippen LogP contribution is 2.37. The van der Waals surface area contributed by atoms with E-state index in [2.05, 4.69) is 84.5 Å². The first kappa shape index (κ1) is 16.6. The third kappa shape index (κ3) is 2.92. The number of anilines is 4. The molecule has 1 aliphatic rings. The van der Waals surface area contributed by atoms with Crippen molar-refractivity contribution in [3.63, 3.8) is 0 Å². The normalized spacial score (nSPS) is 15.8. The first-order valence-electron chi connectivity index (χ1n) is 9.09. The highest BCUT2D eigenvalue weighted by molar-refractivity contribution is 5.70. The van der Waals surface area contributed by atoms with Gasteiger partial charge >= 0.3 is 0 Å². The second-order valence-electron chi connectivity index (χ2n) is 7.13. The zero-order chi connectivity index (χ0) is 18.3. The predicted octanol–water partition coefficient (Wildman–Crippen LogP) is 5.23. The Morgan fingerprint density at radius 3 is 2.46 bits per heavy atom. The maximum Gasteiger partial charge on any atom is 0.229 e. The summed E-state index contributed by atoms with van der Waals surface area (Å²) in [6.07, 6.45) is 1.04. The van der Waals surface area contributed by atoms with E-state index in [1.165, 1.54) is 22.4 Å². The Balaban J connectivity index is 1.74. The number of aromatic nitrogens is 2. The number of hydrogen-bond donors (Lipinski definition) is 1. The van der Waals surface area contributed by atoms with Crippen LogP contribution in [-0.2, 0) is 6.42 Å². The van der Waals surface area contributed by atoms with E-state index in [0.717, 1.165) is 23.6 Å². The van der Waals surface area contributed by atoms with Crippen LogP contribution in [0.1, 0.15) is 29.3 Å². The van der Waals surface area contributed by atoms with Gasteiger partial charge in [0.25, 0.3) is 0 Å². The van der Waals surface area contributed by atoms with Crippen molar-refractivity contribution in [3.05, 3.63) is 70.9 Å². The molecule has 1 aromatic heterocycles. The fourth-order valence-electron chi connectivity index (χ4n) is 3.77. The summed E-state index contributed by atoms with van der Waals surface area (Å²) >= 11 is 0. The van der Waals surface area contributed by atoms with Gasteiger partial charge in [-0.25, -0.2) is 4.98 Å². The number of hydrogen-bond acceptors (Lipinski definition) is 4. The Labute approximate surface area is 154 Å². The van der Waals surface area contributed by atoms with Crippen LogP contribution >= 0.6 is 0 Å². The lowest BCUT2D eigenvalue weighted by molar-refractivity contribution is 0.749. The van der Waals surface area contributed by atoms with E-state index in [1.807, 2.05) is 6.92 Å². The van der Waals surface area contributed by atoms with E-state index in [1.54, 1.807) is 0 Å². The molecule has 4 heteroatoms.